The van der Waals surface area contributed by atoms with E-state index in [1.807, 2.05) is 30.3 Å². The number of benzene rings is 2. The molecule has 0 atom stereocenters. The largest absolute Gasteiger partial charge is 0.492 e. The molecule has 0 fully saturated rings. The monoisotopic (exact) mass is 366 g/mol. The van der Waals surface area contributed by atoms with Crippen LogP contribution >= 0.6 is 0 Å². The molecule has 1 heterocycles. The average molecular weight is 366 g/mol. The fourth-order valence-corrected chi connectivity index (χ4v) is 2.23. The second kappa shape index (κ2) is 9.14. The Kier molecular flexibility index (Phi) is 6.13. The fraction of sp³-hybridized carbons (Fsp3) is 0.158. The van der Waals surface area contributed by atoms with Crippen LogP contribution in [-0.4, -0.2) is 46.4 Å². The Morgan fingerprint density at radius 3 is 2.52 bits per heavy atom. The third kappa shape index (κ3) is 5.40. The molecule has 0 radical (unpaired) electrons. The molecule has 0 saturated heterocycles. The smallest absolute Gasteiger partial charge is 0.338 e. The van der Waals surface area contributed by atoms with Gasteiger partial charge in [0.2, 0.25) is 0 Å². The minimum Gasteiger partial charge on any atom is -0.492 e. The van der Waals surface area contributed by atoms with Crippen molar-refractivity contribution >= 4 is 11.9 Å². The van der Waals surface area contributed by atoms with Gasteiger partial charge in [-0.15, -0.1) is 0 Å². The van der Waals surface area contributed by atoms with Gasteiger partial charge in [0.05, 0.1) is 17.8 Å². The van der Waals surface area contributed by atoms with Crippen LogP contribution in [0.1, 0.15) is 10.4 Å². The van der Waals surface area contributed by atoms with Crippen molar-refractivity contribution in [2.75, 3.05) is 19.8 Å². The Morgan fingerprint density at radius 2 is 1.81 bits per heavy atom. The number of ether oxygens (including phenoxy) is 2. The van der Waals surface area contributed by atoms with Gasteiger partial charge in [-0.1, -0.05) is 18.2 Å². The quantitative estimate of drug-likeness (QED) is 0.481. The van der Waals surface area contributed by atoms with Crippen LogP contribution in [-0.2, 0) is 9.53 Å². The summed E-state index contributed by atoms with van der Waals surface area (Å²) in [5, 5.41) is 6.63. The number of para-hydroxylation sites is 1. The summed E-state index contributed by atoms with van der Waals surface area (Å²) in [6.45, 7) is 0.292. The first-order valence-electron chi connectivity index (χ1n) is 8.29. The lowest BCUT2D eigenvalue weighted by Crippen LogP contribution is -2.32. The van der Waals surface area contributed by atoms with Crippen molar-refractivity contribution in [1.29, 1.82) is 0 Å². The van der Waals surface area contributed by atoms with Gasteiger partial charge < -0.3 is 14.8 Å². The number of aromatic nitrogens is 3. The minimum absolute atomic E-state index is 0.317. The standard InChI is InChI=1S/C19H18N4O4/c24-18(21-10-11-26-17-4-2-1-3-5-17)12-27-19(25)15-6-8-16(9-7-15)23-14-20-13-22-23/h1-9,13-14H,10-12H2,(H,21,24). The second-order valence-electron chi connectivity index (χ2n) is 5.47. The predicted molar refractivity (Wildman–Crippen MR) is 96.6 cm³/mol. The molecule has 1 amide bonds. The Balaban J connectivity index is 1.37. The van der Waals surface area contributed by atoms with E-state index in [0.717, 1.165) is 11.4 Å². The zero-order valence-electron chi connectivity index (χ0n) is 14.4. The van der Waals surface area contributed by atoms with E-state index < -0.39 is 5.97 Å². The Labute approximate surface area is 155 Å². The molecule has 0 spiro atoms. The fourth-order valence-electron chi connectivity index (χ4n) is 2.23. The minimum atomic E-state index is -0.573. The highest BCUT2D eigenvalue weighted by molar-refractivity contribution is 5.91. The van der Waals surface area contributed by atoms with Crippen molar-refractivity contribution < 1.29 is 19.1 Å². The van der Waals surface area contributed by atoms with Crippen molar-refractivity contribution in [3.8, 4) is 11.4 Å². The van der Waals surface area contributed by atoms with Gasteiger partial charge in [0, 0.05) is 0 Å². The molecule has 1 N–H and O–H groups in total. The van der Waals surface area contributed by atoms with Crippen LogP contribution in [0.4, 0.5) is 0 Å². The number of carbonyl (C=O) groups excluding carboxylic acids is 2. The van der Waals surface area contributed by atoms with Crippen molar-refractivity contribution in [3.63, 3.8) is 0 Å². The summed E-state index contributed by atoms with van der Waals surface area (Å²) in [5.41, 5.74) is 1.11. The van der Waals surface area contributed by atoms with Gasteiger partial charge in [-0.3, -0.25) is 4.79 Å². The number of hydrogen-bond acceptors (Lipinski definition) is 6. The molecule has 3 aromatic rings. The van der Waals surface area contributed by atoms with Gasteiger partial charge in [0.15, 0.2) is 6.61 Å². The number of rotatable bonds is 8. The predicted octanol–water partition coefficient (Wildman–Crippen LogP) is 1.62. The van der Waals surface area contributed by atoms with E-state index in [-0.39, 0.29) is 12.5 Å². The second-order valence-corrected chi connectivity index (χ2v) is 5.47. The molecule has 0 saturated carbocycles. The zero-order valence-corrected chi connectivity index (χ0v) is 14.4. The molecular weight excluding hydrogens is 348 g/mol. The van der Waals surface area contributed by atoms with Gasteiger partial charge in [-0.05, 0) is 36.4 Å². The van der Waals surface area contributed by atoms with E-state index in [1.54, 1.807) is 35.3 Å². The highest BCUT2D eigenvalue weighted by Crippen LogP contribution is 2.09. The van der Waals surface area contributed by atoms with Crippen LogP contribution in [0.2, 0.25) is 0 Å². The summed E-state index contributed by atoms with van der Waals surface area (Å²) >= 11 is 0. The van der Waals surface area contributed by atoms with Gasteiger partial charge in [-0.2, -0.15) is 5.10 Å². The first-order valence-corrected chi connectivity index (χ1v) is 8.29. The van der Waals surface area contributed by atoms with E-state index >= 15 is 0 Å². The summed E-state index contributed by atoms with van der Waals surface area (Å²) in [6.07, 6.45) is 2.98. The average Bonchev–Trinajstić information content (AvgIpc) is 3.25. The Bertz CT molecular complexity index is 864. The van der Waals surface area contributed by atoms with Gasteiger partial charge in [0.25, 0.3) is 5.91 Å². The summed E-state index contributed by atoms with van der Waals surface area (Å²) in [6, 6.07) is 15.9. The first kappa shape index (κ1) is 18.1. The molecule has 0 aliphatic heterocycles. The van der Waals surface area contributed by atoms with E-state index in [4.69, 9.17) is 9.47 Å². The lowest BCUT2D eigenvalue weighted by atomic mass is 10.2. The molecule has 8 heteroatoms. The lowest BCUT2D eigenvalue weighted by Gasteiger charge is -2.08. The van der Waals surface area contributed by atoms with Crippen LogP contribution in [0.3, 0.4) is 0 Å². The zero-order chi connectivity index (χ0) is 18.9. The maximum absolute atomic E-state index is 12.0. The molecular formula is C19H18N4O4. The SMILES string of the molecule is O=C(COC(=O)c1ccc(-n2cncn2)cc1)NCCOc1ccccc1. The maximum atomic E-state index is 12.0. The Morgan fingerprint density at radius 1 is 1.04 bits per heavy atom. The highest BCUT2D eigenvalue weighted by atomic mass is 16.5. The number of amides is 1. The van der Waals surface area contributed by atoms with Crippen LogP contribution in [0, 0.1) is 0 Å². The van der Waals surface area contributed by atoms with Crippen LogP contribution in [0.15, 0.2) is 67.3 Å². The molecule has 8 nitrogen and oxygen atoms in total. The van der Waals surface area contributed by atoms with Crippen molar-refractivity contribution in [2.24, 2.45) is 0 Å². The van der Waals surface area contributed by atoms with Crippen LogP contribution < -0.4 is 10.1 Å². The van der Waals surface area contributed by atoms with Gasteiger partial charge in [0.1, 0.15) is 25.0 Å². The number of hydrogen-bond donors (Lipinski definition) is 1. The van der Waals surface area contributed by atoms with Gasteiger partial charge in [-0.25, -0.2) is 14.5 Å². The molecule has 27 heavy (non-hydrogen) atoms. The van der Waals surface area contributed by atoms with E-state index in [9.17, 15) is 9.59 Å². The number of carbonyl (C=O) groups is 2. The first-order chi connectivity index (χ1) is 13.2. The third-order valence-electron chi connectivity index (χ3n) is 3.56. The lowest BCUT2D eigenvalue weighted by molar-refractivity contribution is -0.124. The van der Waals surface area contributed by atoms with Crippen molar-refractivity contribution in [2.45, 2.75) is 0 Å². The Hall–Kier alpha value is -3.68. The van der Waals surface area contributed by atoms with Crippen molar-refractivity contribution in [1.82, 2.24) is 20.1 Å². The van der Waals surface area contributed by atoms with E-state index in [0.29, 0.717) is 18.7 Å². The summed E-state index contributed by atoms with van der Waals surface area (Å²) < 4.78 is 12.0. The summed E-state index contributed by atoms with van der Waals surface area (Å²) in [4.78, 5) is 27.6. The maximum Gasteiger partial charge on any atom is 0.338 e. The summed E-state index contributed by atoms with van der Waals surface area (Å²) in [7, 11) is 0. The molecule has 0 aliphatic carbocycles. The number of nitrogens with zero attached hydrogens (tertiary/aromatic N) is 3. The number of nitrogens with one attached hydrogen (secondary N) is 1. The van der Waals surface area contributed by atoms with Gasteiger partial charge >= 0.3 is 5.97 Å². The third-order valence-corrected chi connectivity index (χ3v) is 3.56. The van der Waals surface area contributed by atoms with Crippen molar-refractivity contribution in [3.05, 3.63) is 72.8 Å². The molecule has 0 aliphatic rings. The highest BCUT2D eigenvalue weighted by Gasteiger charge is 2.10. The van der Waals surface area contributed by atoms with Crippen LogP contribution in [0.5, 0.6) is 5.75 Å². The van der Waals surface area contributed by atoms with E-state index in [1.165, 1.54) is 6.33 Å². The molecule has 0 unspecified atom stereocenters. The normalized spacial score (nSPS) is 10.2. The molecule has 1 aromatic heterocycles. The topological polar surface area (TPSA) is 95.3 Å². The molecule has 0 bridgehead atoms. The number of esters is 1. The molecule has 2 aromatic carbocycles. The summed E-state index contributed by atoms with van der Waals surface area (Å²) in [5.74, 6) is -0.234. The van der Waals surface area contributed by atoms with Crippen LogP contribution in [0.25, 0.3) is 5.69 Å². The van der Waals surface area contributed by atoms with E-state index in [2.05, 4.69) is 15.4 Å². The molecule has 3 rings (SSSR count). The molecule has 138 valence electrons.